The maximum absolute atomic E-state index is 12.6. The third kappa shape index (κ3) is 3.36. The van der Waals surface area contributed by atoms with Crippen LogP contribution < -0.4 is 4.74 Å². The molecule has 0 aliphatic carbocycles. The van der Waals surface area contributed by atoms with Gasteiger partial charge >= 0.3 is 0 Å². The summed E-state index contributed by atoms with van der Waals surface area (Å²) in [5.74, 6) is 1.97. The van der Waals surface area contributed by atoms with E-state index in [1.54, 1.807) is 6.33 Å². The van der Waals surface area contributed by atoms with Gasteiger partial charge in [-0.2, -0.15) is 0 Å². The van der Waals surface area contributed by atoms with Gasteiger partial charge in [0.2, 0.25) is 5.91 Å². The molecular formula is C20H24N4O2. The fraction of sp³-hybridized carbons (Fsp3) is 0.450. The van der Waals surface area contributed by atoms with Crippen molar-refractivity contribution in [2.24, 2.45) is 7.05 Å². The zero-order chi connectivity index (χ0) is 18.0. The van der Waals surface area contributed by atoms with Crippen LogP contribution in [0.5, 0.6) is 5.75 Å². The number of amides is 1. The van der Waals surface area contributed by atoms with Crippen LogP contribution in [-0.4, -0.2) is 44.3 Å². The summed E-state index contributed by atoms with van der Waals surface area (Å²) in [5.41, 5.74) is 0.839. The molecule has 0 unspecified atom stereocenters. The third-order valence-electron chi connectivity index (χ3n) is 5.35. The number of carbonyl (C=O) groups is 1. The summed E-state index contributed by atoms with van der Waals surface area (Å²) in [6.07, 6.45) is 9.81. The Morgan fingerprint density at radius 2 is 2.15 bits per heavy atom. The molecule has 136 valence electrons. The van der Waals surface area contributed by atoms with Crippen molar-refractivity contribution in [3.63, 3.8) is 0 Å². The first-order valence-electron chi connectivity index (χ1n) is 9.23. The first kappa shape index (κ1) is 16.8. The molecule has 0 N–H and O–H groups in total. The van der Waals surface area contributed by atoms with Crippen molar-refractivity contribution in [3.8, 4) is 5.75 Å². The largest absolute Gasteiger partial charge is 0.483 e. The van der Waals surface area contributed by atoms with Gasteiger partial charge in [0.15, 0.2) is 0 Å². The average molecular weight is 352 g/mol. The number of benzene rings is 1. The molecule has 1 fully saturated rings. The van der Waals surface area contributed by atoms with Crippen molar-refractivity contribution in [1.29, 1.82) is 0 Å². The highest BCUT2D eigenvalue weighted by atomic mass is 16.5. The maximum atomic E-state index is 12.6. The summed E-state index contributed by atoms with van der Waals surface area (Å²) in [6, 6.07) is 8.12. The molecule has 0 radical (unpaired) electrons. The third-order valence-corrected chi connectivity index (χ3v) is 5.35. The van der Waals surface area contributed by atoms with Gasteiger partial charge in [-0.15, -0.1) is 10.2 Å². The number of aryl methyl sites for hydroxylation is 2. The summed E-state index contributed by atoms with van der Waals surface area (Å²) >= 11 is 0. The first-order chi connectivity index (χ1) is 12.7. The first-order valence-corrected chi connectivity index (χ1v) is 9.23. The Kier molecular flexibility index (Phi) is 4.49. The van der Waals surface area contributed by atoms with Crippen LogP contribution in [0.15, 0.2) is 36.7 Å². The lowest BCUT2D eigenvalue weighted by Crippen LogP contribution is -2.38. The number of aromatic nitrogens is 3. The highest BCUT2D eigenvalue weighted by molar-refractivity contribution is 5.76. The molecular weight excluding hydrogens is 328 g/mol. The lowest BCUT2D eigenvalue weighted by Gasteiger charge is -2.34. The van der Waals surface area contributed by atoms with E-state index in [1.165, 1.54) is 0 Å². The van der Waals surface area contributed by atoms with Crippen LogP contribution in [0.3, 0.4) is 0 Å². The van der Waals surface area contributed by atoms with Crippen molar-refractivity contribution in [3.05, 3.63) is 48.1 Å². The van der Waals surface area contributed by atoms with E-state index in [1.807, 2.05) is 34.7 Å². The van der Waals surface area contributed by atoms with Crippen molar-refractivity contribution in [2.45, 2.75) is 37.7 Å². The van der Waals surface area contributed by atoms with Crippen LogP contribution in [-0.2, 0) is 18.3 Å². The quantitative estimate of drug-likeness (QED) is 0.852. The van der Waals surface area contributed by atoms with E-state index in [-0.39, 0.29) is 11.5 Å². The summed E-state index contributed by atoms with van der Waals surface area (Å²) in [7, 11) is 1.90. The van der Waals surface area contributed by atoms with Gasteiger partial charge < -0.3 is 14.2 Å². The Balaban J connectivity index is 1.38. The molecule has 1 aromatic heterocycles. The molecule has 2 aliphatic rings. The number of carbonyl (C=O) groups excluding carboxylic acids is 1. The second-order valence-corrected chi connectivity index (χ2v) is 7.13. The van der Waals surface area contributed by atoms with Gasteiger partial charge in [-0.1, -0.05) is 24.3 Å². The van der Waals surface area contributed by atoms with E-state index < -0.39 is 0 Å². The highest BCUT2D eigenvalue weighted by Crippen LogP contribution is 2.36. The fourth-order valence-corrected chi connectivity index (χ4v) is 3.76. The Bertz CT molecular complexity index is 829. The molecule has 2 aliphatic heterocycles. The molecule has 1 amide bonds. The zero-order valence-corrected chi connectivity index (χ0v) is 15.1. The van der Waals surface area contributed by atoms with Crippen molar-refractivity contribution >= 4 is 12.0 Å². The minimum Gasteiger partial charge on any atom is -0.483 e. The maximum Gasteiger partial charge on any atom is 0.223 e. The number of rotatable bonds is 3. The topological polar surface area (TPSA) is 60.2 Å². The van der Waals surface area contributed by atoms with E-state index in [2.05, 4.69) is 28.4 Å². The van der Waals surface area contributed by atoms with Crippen LogP contribution in [0, 0.1) is 0 Å². The number of fused-ring (bicyclic) bond motifs is 1. The van der Waals surface area contributed by atoms with Crippen LogP contribution in [0.25, 0.3) is 6.08 Å². The zero-order valence-electron chi connectivity index (χ0n) is 15.1. The smallest absolute Gasteiger partial charge is 0.223 e. The van der Waals surface area contributed by atoms with Crippen LogP contribution in [0.1, 0.15) is 37.1 Å². The highest BCUT2D eigenvalue weighted by Gasteiger charge is 2.35. The van der Waals surface area contributed by atoms with Gasteiger partial charge in [-0.05, 0) is 25.0 Å². The molecule has 6 nitrogen and oxygen atoms in total. The van der Waals surface area contributed by atoms with Gasteiger partial charge in [-0.25, -0.2) is 0 Å². The van der Waals surface area contributed by atoms with E-state index in [9.17, 15) is 4.79 Å². The summed E-state index contributed by atoms with van der Waals surface area (Å²) in [6.45, 7) is 1.52. The Morgan fingerprint density at radius 1 is 1.27 bits per heavy atom. The monoisotopic (exact) mass is 352 g/mol. The summed E-state index contributed by atoms with van der Waals surface area (Å²) in [4.78, 5) is 14.6. The van der Waals surface area contributed by atoms with Crippen molar-refractivity contribution in [1.82, 2.24) is 19.7 Å². The van der Waals surface area contributed by atoms with Crippen LogP contribution in [0.4, 0.5) is 0 Å². The van der Waals surface area contributed by atoms with E-state index >= 15 is 0 Å². The van der Waals surface area contributed by atoms with E-state index in [0.29, 0.717) is 12.8 Å². The number of likely N-dealkylation sites (tertiary alicyclic amines) is 1. The fourth-order valence-electron chi connectivity index (χ4n) is 3.76. The molecule has 1 aromatic carbocycles. The second kappa shape index (κ2) is 6.94. The number of para-hydroxylation sites is 1. The number of ether oxygens (including phenoxy) is 1. The SMILES string of the molecule is Cn1cnnc1CCC(=O)N1CCC[C@]2(C=Cc3ccccc3O2)CC1. The molecule has 4 rings (SSSR count). The Labute approximate surface area is 153 Å². The van der Waals surface area contributed by atoms with E-state index in [0.717, 1.165) is 49.5 Å². The predicted octanol–water partition coefficient (Wildman–Crippen LogP) is 2.60. The van der Waals surface area contributed by atoms with Gasteiger partial charge in [-0.3, -0.25) is 4.79 Å². The summed E-state index contributed by atoms with van der Waals surface area (Å²) < 4.78 is 8.22. The molecule has 26 heavy (non-hydrogen) atoms. The number of nitrogens with zero attached hydrogens (tertiary/aromatic N) is 4. The van der Waals surface area contributed by atoms with Crippen molar-refractivity contribution in [2.75, 3.05) is 13.1 Å². The van der Waals surface area contributed by atoms with Crippen LogP contribution in [0.2, 0.25) is 0 Å². The Morgan fingerprint density at radius 3 is 3.00 bits per heavy atom. The van der Waals surface area contributed by atoms with Gasteiger partial charge in [0.1, 0.15) is 23.5 Å². The Hall–Kier alpha value is -2.63. The molecule has 6 heteroatoms. The molecule has 3 heterocycles. The molecule has 1 saturated heterocycles. The lowest BCUT2D eigenvalue weighted by molar-refractivity contribution is -0.131. The number of hydrogen-bond acceptors (Lipinski definition) is 4. The molecule has 0 bridgehead atoms. The minimum atomic E-state index is -0.285. The lowest BCUT2D eigenvalue weighted by atomic mass is 9.91. The van der Waals surface area contributed by atoms with Gasteiger partial charge in [0, 0.05) is 45.0 Å². The predicted molar refractivity (Wildman–Crippen MR) is 98.6 cm³/mol. The normalized spacial score (nSPS) is 22.0. The van der Waals surface area contributed by atoms with Crippen molar-refractivity contribution < 1.29 is 9.53 Å². The summed E-state index contributed by atoms with van der Waals surface area (Å²) in [5, 5.41) is 7.92. The second-order valence-electron chi connectivity index (χ2n) is 7.13. The van der Waals surface area contributed by atoms with Gasteiger partial charge in [0.05, 0.1) is 0 Å². The van der Waals surface area contributed by atoms with Crippen LogP contribution >= 0.6 is 0 Å². The molecule has 1 atom stereocenters. The van der Waals surface area contributed by atoms with Gasteiger partial charge in [0.25, 0.3) is 0 Å². The molecule has 1 spiro atoms. The molecule has 2 aromatic rings. The average Bonchev–Trinajstić information content (AvgIpc) is 2.96. The van der Waals surface area contributed by atoms with E-state index in [4.69, 9.17) is 4.74 Å². The molecule has 0 saturated carbocycles. The number of hydrogen-bond donors (Lipinski definition) is 0. The minimum absolute atomic E-state index is 0.185. The standard InChI is InChI=1S/C20H24N4O2/c1-23-15-21-22-18(23)7-8-19(25)24-13-4-10-20(12-14-24)11-9-16-5-2-3-6-17(16)26-20/h2-3,5-6,9,11,15H,4,7-8,10,12-14H2,1H3/t20-/m0/s1.